The van der Waals surface area contributed by atoms with Crippen molar-refractivity contribution in [1.29, 1.82) is 5.26 Å². The van der Waals surface area contributed by atoms with E-state index in [4.69, 9.17) is 9.47 Å². The van der Waals surface area contributed by atoms with Crippen LogP contribution < -0.4 is 14.8 Å². The lowest BCUT2D eigenvalue weighted by Crippen LogP contribution is -2.13. The van der Waals surface area contributed by atoms with Crippen molar-refractivity contribution in [1.82, 2.24) is 0 Å². The van der Waals surface area contributed by atoms with Crippen LogP contribution in [0.3, 0.4) is 0 Å². The first-order chi connectivity index (χ1) is 12.1. The minimum absolute atomic E-state index is 0.0298. The largest absolute Gasteiger partial charge is 0.497 e. The van der Waals surface area contributed by atoms with Crippen LogP contribution in [0, 0.1) is 18.3 Å². The number of anilines is 1. The van der Waals surface area contributed by atoms with Gasteiger partial charge in [0, 0.05) is 5.69 Å². The predicted octanol–water partition coefficient (Wildman–Crippen LogP) is 3.95. The van der Waals surface area contributed by atoms with Crippen LogP contribution >= 0.6 is 0 Å². The molecule has 0 spiro atoms. The van der Waals surface area contributed by atoms with Crippen molar-refractivity contribution in [3.8, 4) is 17.6 Å². The van der Waals surface area contributed by atoms with E-state index in [0.717, 1.165) is 22.6 Å². The molecule has 0 bridgehead atoms. The van der Waals surface area contributed by atoms with Gasteiger partial charge in [-0.3, -0.25) is 4.79 Å². The van der Waals surface area contributed by atoms with Crippen LogP contribution in [0.25, 0.3) is 6.08 Å². The summed E-state index contributed by atoms with van der Waals surface area (Å²) in [6, 6.07) is 14.4. The predicted molar refractivity (Wildman–Crippen MR) is 97.6 cm³/mol. The molecule has 0 aliphatic carbocycles. The Labute approximate surface area is 147 Å². The van der Waals surface area contributed by atoms with Gasteiger partial charge in [-0.05, 0) is 67.4 Å². The van der Waals surface area contributed by atoms with Gasteiger partial charge in [-0.2, -0.15) is 5.26 Å². The van der Waals surface area contributed by atoms with Crippen LogP contribution in [0.15, 0.2) is 48.0 Å². The van der Waals surface area contributed by atoms with E-state index in [-0.39, 0.29) is 5.57 Å². The SMILES string of the molecule is CCOc1ccc(NC(=O)/C(C#N)=C\c2ccc(OC)cc2C)cc1. The second-order valence-corrected chi connectivity index (χ2v) is 5.30. The van der Waals surface area contributed by atoms with Crippen molar-refractivity contribution in [3.63, 3.8) is 0 Å². The zero-order valence-corrected chi connectivity index (χ0v) is 14.5. The maximum absolute atomic E-state index is 12.3. The molecule has 0 fully saturated rings. The van der Waals surface area contributed by atoms with Crippen molar-refractivity contribution in [2.45, 2.75) is 13.8 Å². The van der Waals surface area contributed by atoms with Gasteiger partial charge in [-0.1, -0.05) is 6.07 Å². The van der Waals surface area contributed by atoms with Crippen molar-refractivity contribution in [2.75, 3.05) is 19.0 Å². The Morgan fingerprint density at radius 3 is 2.44 bits per heavy atom. The molecule has 0 radical (unpaired) electrons. The molecule has 0 aliphatic rings. The van der Waals surface area contributed by atoms with E-state index in [1.165, 1.54) is 0 Å². The standard InChI is InChI=1S/C20H20N2O3/c1-4-25-18-9-6-17(7-10-18)22-20(23)16(13-21)12-15-5-8-19(24-3)11-14(15)2/h5-12H,4H2,1-3H3,(H,22,23)/b16-12-. The number of nitrogens with one attached hydrogen (secondary N) is 1. The highest BCUT2D eigenvalue weighted by atomic mass is 16.5. The van der Waals surface area contributed by atoms with Crippen LogP contribution in [-0.4, -0.2) is 19.6 Å². The molecule has 128 valence electrons. The number of methoxy groups -OCH3 is 1. The third kappa shape index (κ3) is 4.85. The number of aryl methyl sites for hydroxylation is 1. The Kier molecular flexibility index (Phi) is 6.19. The minimum Gasteiger partial charge on any atom is -0.497 e. The van der Waals surface area contributed by atoms with Crippen molar-refractivity contribution in [3.05, 3.63) is 59.2 Å². The molecular weight excluding hydrogens is 316 g/mol. The normalized spacial score (nSPS) is 10.7. The number of carbonyl (C=O) groups is 1. The van der Waals surface area contributed by atoms with Crippen LogP contribution in [0.1, 0.15) is 18.1 Å². The topological polar surface area (TPSA) is 71.3 Å². The number of ether oxygens (including phenoxy) is 2. The molecule has 0 saturated carbocycles. The fourth-order valence-electron chi connectivity index (χ4n) is 2.24. The highest BCUT2D eigenvalue weighted by Crippen LogP contribution is 2.20. The lowest BCUT2D eigenvalue weighted by Gasteiger charge is -2.08. The summed E-state index contributed by atoms with van der Waals surface area (Å²) >= 11 is 0. The maximum atomic E-state index is 12.3. The summed E-state index contributed by atoms with van der Waals surface area (Å²) in [5.41, 5.74) is 2.34. The van der Waals surface area contributed by atoms with Gasteiger partial charge in [-0.25, -0.2) is 0 Å². The average molecular weight is 336 g/mol. The summed E-state index contributed by atoms with van der Waals surface area (Å²) in [7, 11) is 1.59. The lowest BCUT2D eigenvalue weighted by molar-refractivity contribution is -0.112. The Morgan fingerprint density at radius 1 is 1.20 bits per heavy atom. The molecule has 0 aliphatic heterocycles. The van der Waals surface area contributed by atoms with E-state index in [1.54, 1.807) is 43.5 Å². The van der Waals surface area contributed by atoms with Crippen LogP contribution in [0.5, 0.6) is 11.5 Å². The molecular formula is C20H20N2O3. The molecule has 25 heavy (non-hydrogen) atoms. The first-order valence-corrected chi connectivity index (χ1v) is 7.88. The Morgan fingerprint density at radius 2 is 1.88 bits per heavy atom. The van der Waals surface area contributed by atoms with Gasteiger partial charge in [-0.15, -0.1) is 0 Å². The smallest absolute Gasteiger partial charge is 0.266 e. The first-order valence-electron chi connectivity index (χ1n) is 7.88. The number of benzene rings is 2. The molecule has 0 aromatic heterocycles. The van der Waals surface area contributed by atoms with Crippen molar-refractivity contribution in [2.24, 2.45) is 0 Å². The zero-order valence-electron chi connectivity index (χ0n) is 14.5. The van der Waals surface area contributed by atoms with Crippen LogP contribution in [0.4, 0.5) is 5.69 Å². The highest BCUT2D eigenvalue weighted by Gasteiger charge is 2.10. The number of hydrogen-bond acceptors (Lipinski definition) is 4. The van der Waals surface area contributed by atoms with Gasteiger partial charge < -0.3 is 14.8 Å². The van der Waals surface area contributed by atoms with Crippen molar-refractivity contribution < 1.29 is 14.3 Å². The van der Waals surface area contributed by atoms with Gasteiger partial charge >= 0.3 is 0 Å². The Balaban J connectivity index is 2.16. The number of nitrogens with zero attached hydrogens (tertiary/aromatic N) is 1. The number of carbonyl (C=O) groups excluding carboxylic acids is 1. The fourth-order valence-corrected chi connectivity index (χ4v) is 2.24. The van der Waals surface area contributed by atoms with E-state index in [1.807, 2.05) is 32.0 Å². The Hall–Kier alpha value is -3.26. The molecule has 2 aromatic carbocycles. The summed E-state index contributed by atoms with van der Waals surface area (Å²) in [6.07, 6.45) is 1.57. The van der Waals surface area contributed by atoms with Crippen LogP contribution in [-0.2, 0) is 4.79 Å². The van der Waals surface area contributed by atoms with E-state index in [9.17, 15) is 10.1 Å². The second-order valence-electron chi connectivity index (χ2n) is 5.30. The number of rotatable bonds is 6. The third-order valence-corrected chi connectivity index (χ3v) is 3.57. The molecule has 1 amide bonds. The molecule has 5 nitrogen and oxygen atoms in total. The number of nitriles is 1. The minimum atomic E-state index is -0.457. The molecule has 0 unspecified atom stereocenters. The number of hydrogen-bond donors (Lipinski definition) is 1. The molecule has 1 N–H and O–H groups in total. The summed E-state index contributed by atoms with van der Waals surface area (Å²) < 4.78 is 10.5. The Bertz CT molecular complexity index is 818. The molecule has 5 heteroatoms. The maximum Gasteiger partial charge on any atom is 0.266 e. The summed E-state index contributed by atoms with van der Waals surface area (Å²) in [6.45, 7) is 4.38. The fraction of sp³-hybridized carbons (Fsp3) is 0.200. The summed E-state index contributed by atoms with van der Waals surface area (Å²) in [5, 5.41) is 12.0. The van der Waals surface area contributed by atoms with Gasteiger partial charge in [0.05, 0.1) is 13.7 Å². The summed E-state index contributed by atoms with van der Waals surface area (Å²) in [4.78, 5) is 12.3. The molecule has 2 rings (SSSR count). The monoisotopic (exact) mass is 336 g/mol. The molecule has 2 aromatic rings. The van der Waals surface area contributed by atoms with Gasteiger partial charge in [0.25, 0.3) is 5.91 Å². The molecule has 0 atom stereocenters. The van der Waals surface area contributed by atoms with E-state index in [0.29, 0.717) is 12.3 Å². The second kappa shape index (κ2) is 8.55. The van der Waals surface area contributed by atoms with Crippen LogP contribution in [0.2, 0.25) is 0 Å². The van der Waals surface area contributed by atoms with E-state index < -0.39 is 5.91 Å². The highest BCUT2D eigenvalue weighted by molar-refractivity contribution is 6.09. The zero-order chi connectivity index (χ0) is 18.2. The molecule has 0 saturated heterocycles. The van der Waals surface area contributed by atoms with Gasteiger partial charge in [0.2, 0.25) is 0 Å². The molecule has 0 heterocycles. The summed E-state index contributed by atoms with van der Waals surface area (Å²) in [5.74, 6) is 0.999. The number of amides is 1. The average Bonchev–Trinajstić information content (AvgIpc) is 2.62. The van der Waals surface area contributed by atoms with E-state index in [2.05, 4.69) is 5.32 Å². The third-order valence-electron chi connectivity index (χ3n) is 3.57. The first kappa shape index (κ1) is 18.1. The van der Waals surface area contributed by atoms with Gasteiger partial charge in [0.1, 0.15) is 23.1 Å². The van der Waals surface area contributed by atoms with Gasteiger partial charge in [0.15, 0.2) is 0 Å². The lowest BCUT2D eigenvalue weighted by atomic mass is 10.1. The quantitative estimate of drug-likeness (QED) is 0.640. The van der Waals surface area contributed by atoms with Crippen molar-refractivity contribution >= 4 is 17.7 Å². The van der Waals surface area contributed by atoms with E-state index >= 15 is 0 Å².